The van der Waals surface area contributed by atoms with E-state index in [-0.39, 0.29) is 30.8 Å². The molecule has 1 unspecified atom stereocenters. The van der Waals surface area contributed by atoms with E-state index in [4.69, 9.17) is 5.11 Å². The zero-order valence-corrected chi connectivity index (χ0v) is 12.9. The van der Waals surface area contributed by atoms with Crippen molar-refractivity contribution in [1.82, 2.24) is 5.32 Å². The van der Waals surface area contributed by atoms with Gasteiger partial charge in [0, 0.05) is 36.9 Å². The normalized spacial score (nSPS) is 26.2. The molecule has 3 atom stereocenters. The first kappa shape index (κ1) is 16.6. The number of hydrogen-bond donors (Lipinski definition) is 2. The van der Waals surface area contributed by atoms with Gasteiger partial charge >= 0.3 is 0 Å². The molecule has 2 N–H and O–H groups in total. The van der Waals surface area contributed by atoms with Crippen molar-refractivity contribution < 1.29 is 23.5 Å². The smallest absolute Gasteiger partial charge is 0.239 e. The van der Waals surface area contributed by atoms with Crippen LogP contribution in [0.15, 0.2) is 30.4 Å². The molecule has 1 aromatic carbocycles. The van der Waals surface area contributed by atoms with Crippen molar-refractivity contribution in [3.05, 3.63) is 42.0 Å². The zero-order valence-electron chi connectivity index (χ0n) is 12.9. The Morgan fingerprint density at radius 3 is 2.58 bits per heavy atom. The van der Waals surface area contributed by atoms with Gasteiger partial charge in [-0.2, -0.15) is 0 Å². The fourth-order valence-electron chi connectivity index (χ4n) is 3.17. The third-order valence-electron chi connectivity index (χ3n) is 4.42. The van der Waals surface area contributed by atoms with Gasteiger partial charge < -0.3 is 15.3 Å². The van der Waals surface area contributed by atoms with Crippen molar-refractivity contribution in [2.75, 3.05) is 18.1 Å². The molecule has 1 saturated heterocycles. The molecule has 0 bridgehead atoms. The second-order valence-electron chi connectivity index (χ2n) is 6.14. The summed E-state index contributed by atoms with van der Waals surface area (Å²) >= 11 is 0. The van der Waals surface area contributed by atoms with E-state index in [9.17, 15) is 18.4 Å². The molecule has 0 aromatic heterocycles. The molecule has 0 spiro atoms. The number of rotatable bonds is 4. The lowest BCUT2D eigenvalue weighted by molar-refractivity contribution is -0.132. The van der Waals surface area contributed by atoms with E-state index in [1.165, 1.54) is 4.90 Å². The Morgan fingerprint density at radius 2 is 1.96 bits per heavy atom. The molecule has 7 heteroatoms. The SMILES string of the molecule is O=C(N[C@@H]1C=C[C@H](CO)C1)C1CCN(c2cc(F)cc(F)c2)C1=O. The lowest BCUT2D eigenvalue weighted by Gasteiger charge is -2.18. The van der Waals surface area contributed by atoms with Gasteiger partial charge in [0.15, 0.2) is 0 Å². The molecule has 1 heterocycles. The number of hydrogen-bond acceptors (Lipinski definition) is 3. The first-order valence-electron chi connectivity index (χ1n) is 7.85. The number of aliphatic hydroxyl groups excluding tert-OH is 1. The Morgan fingerprint density at radius 1 is 1.25 bits per heavy atom. The van der Waals surface area contributed by atoms with E-state index in [2.05, 4.69) is 5.32 Å². The van der Waals surface area contributed by atoms with Crippen LogP contribution in [0.2, 0.25) is 0 Å². The van der Waals surface area contributed by atoms with Crippen molar-refractivity contribution in [1.29, 1.82) is 0 Å². The summed E-state index contributed by atoms with van der Waals surface area (Å²) in [4.78, 5) is 26.0. The summed E-state index contributed by atoms with van der Waals surface area (Å²) in [7, 11) is 0. The van der Waals surface area contributed by atoms with E-state index >= 15 is 0 Å². The molecule has 3 rings (SSSR count). The highest BCUT2D eigenvalue weighted by Gasteiger charge is 2.38. The zero-order chi connectivity index (χ0) is 17.3. The number of carbonyl (C=O) groups excluding carboxylic acids is 2. The van der Waals surface area contributed by atoms with Gasteiger partial charge in [-0.15, -0.1) is 0 Å². The Kier molecular flexibility index (Phi) is 4.62. The highest BCUT2D eigenvalue weighted by molar-refractivity contribution is 6.09. The standard InChI is InChI=1S/C17H18F2N2O3/c18-11-6-12(19)8-14(7-11)21-4-3-15(17(21)24)16(23)20-13-2-1-10(5-13)9-22/h1-2,6-8,10,13,15,22H,3-5,9H2,(H,20,23)/t10-,13+,15?/m0/s1. The number of amides is 2. The van der Waals surface area contributed by atoms with Crippen LogP contribution in [0, 0.1) is 23.5 Å². The summed E-state index contributed by atoms with van der Waals surface area (Å²) in [6.07, 6.45) is 4.53. The Balaban J connectivity index is 1.65. The van der Waals surface area contributed by atoms with Gasteiger partial charge in [0.05, 0.1) is 0 Å². The first-order chi connectivity index (χ1) is 11.5. The average Bonchev–Trinajstić information content (AvgIpc) is 3.12. The number of halogens is 2. The van der Waals surface area contributed by atoms with Gasteiger partial charge in [0.1, 0.15) is 17.6 Å². The van der Waals surface area contributed by atoms with Gasteiger partial charge in [-0.1, -0.05) is 12.2 Å². The third kappa shape index (κ3) is 3.31. The molecular formula is C17H18F2N2O3. The molecule has 2 aliphatic rings. The van der Waals surface area contributed by atoms with Gasteiger partial charge in [-0.25, -0.2) is 8.78 Å². The number of nitrogens with one attached hydrogen (secondary N) is 1. The van der Waals surface area contributed by atoms with E-state index in [0.29, 0.717) is 12.8 Å². The van der Waals surface area contributed by atoms with Crippen LogP contribution in [-0.4, -0.2) is 36.1 Å². The Hall–Kier alpha value is -2.28. The summed E-state index contributed by atoms with van der Waals surface area (Å²) in [5.74, 6) is -3.24. The fourth-order valence-corrected chi connectivity index (χ4v) is 3.17. The monoisotopic (exact) mass is 336 g/mol. The molecule has 0 radical (unpaired) electrons. The van der Waals surface area contributed by atoms with Gasteiger partial charge in [-0.3, -0.25) is 9.59 Å². The largest absolute Gasteiger partial charge is 0.396 e. The van der Waals surface area contributed by atoms with Crippen LogP contribution in [0.1, 0.15) is 12.8 Å². The number of aliphatic hydroxyl groups is 1. The first-order valence-corrected chi connectivity index (χ1v) is 7.85. The predicted molar refractivity (Wildman–Crippen MR) is 83.1 cm³/mol. The van der Waals surface area contributed by atoms with Gasteiger partial charge in [0.2, 0.25) is 11.8 Å². The molecule has 1 aromatic rings. The van der Waals surface area contributed by atoms with Crippen LogP contribution in [0.3, 0.4) is 0 Å². The molecule has 1 fully saturated rings. The maximum Gasteiger partial charge on any atom is 0.239 e. The molecule has 24 heavy (non-hydrogen) atoms. The van der Waals surface area contributed by atoms with Crippen LogP contribution in [0.4, 0.5) is 14.5 Å². The summed E-state index contributed by atoms with van der Waals surface area (Å²) in [5.41, 5.74) is 0.119. The summed E-state index contributed by atoms with van der Waals surface area (Å²) in [6.45, 7) is 0.254. The highest BCUT2D eigenvalue weighted by atomic mass is 19.1. The van der Waals surface area contributed by atoms with E-state index in [0.717, 1.165) is 18.2 Å². The lowest BCUT2D eigenvalue weighted by atomic mass is 10.1. The predicted octanol–water partition coefficient (Wildman–Crippen LogP) is 1.37. The third-order valence-corrected chi connectivity index (χ3v) is 4.42. The van der Waals surface area contributed by atoms with Gasteiger partial charge in [0.25, 0.3) is 0 Å². The average molecular weight is 336 g/mol. The molecular weight excluding hydrogens is 318 g/mol. The second kappa shape index (κ2) is 6.68. The summed E-state index contributed by atoms with van der Waals surface area (Å²) in [5, 5.41) is 11.9. The number of benzene rings is 1. The maximum atomic E-state index is 13.3. The van der Waals surface area contributed by atoms with Crippen LogP contribution >= 0.6 is 0 Å². The molecule has 128 valence electrons. The van der Waals surface area contributed by atoms with E-state index < -0.39 is 29.4 Å². The Bertz CT molecular complexity index is 672. The topological polar surface area (TPSA) is 69.6 Å². The maximum absolute atomic E-state index is 13.3. The minimum absolute atomic E-state index is 0.0151. The second-order valence-corrected chi connectivity index (χ2v) is 6.14. The van der Waals surface area contributed by atoms with Gasteiger partial charge in [-0.05, 0) is 25.0 Å². The van der Waals surface area contributed by atoms with Crippen molar-refractivity contribution in [2.24, 2.45) is 11.8 Å². The van der Waals surface area contributed by atoms with E-state index in [1.807, 2.05) is 6.08 Å². The van der Waals surface area contributed by atoms with Crippen molar-refractivity contribution in [3.8, 4) is 0 Å². The fraction of sp³-hybridized carbons (Fsp3) is 0.412. The lowest BCUT2D eigenvalue weighted by Crippen LogP contribution is -2.41. The number of anilines is 1. The highest BCUT2D eigenvalue weighted by Crippen LogP contribution is 2.27. The quantitative estimate of drug-likeness (QED) is 0.644. The summed E-state index contributed by atoms with van der Waals surface area (Å²) in [6, 6.07) is 2.68. The molecule has 5 nitrogen and oxygen atoms in total. The van der Waals surface area contributed by atoms with Crippen molar-refractivity contribution >= 4 is 17.5 Å². The van der Waals surface area contributed by atoms with Crippen molar-refractivity contribution in [2.45, 2.75) is 18.9 Å². The van der Waals surface area contributed by atoms with Crippen LogP contribution in [0.5, 0.6) is 0 Å². The minimum Gasteiger partial charge on any atom is -0.396 e. The minimum atomic E-state index is -0.863. The Labute approximate surface area is 138 Å². The summed E-state index contributed by atoms with van der Waals surface area (Å²) < 4.78 is 26.6. The molecule has 1 aliphatic carbocycles. The van der Waals surface area contributed by atoms with E-state index in [1.54, 1.807) is 6.08 Å². The van der Waals surface area contributed by atoms with Crippen LogP contribution in [-0.2, 0) is 9.59 Å². The van der Waals surface area contributed by atoms with Crippen LogP contribution in [0.25, 0.3) is 0 Å². The molecule has 0 saturated carbocycles. The molecule has 1 aliphatic heterocycles. The van der Waals surface area contributed by atoms with Crippen molar-refractivity contribution in [3.63, 3.8) is 0 Å². The number of carbonyl (C=O) groups is 2. The van der Waals surface area contributed by atoms with Crippen LogP contribution < -0.4 is 10.2 Å². The number of nitrogens with zero attached hydrogens (tertiary/aromatic N) is 1. The molecule has 2 amide bonds.